The molecule has 4 heteroatoms. The van der Waals surface area contributed by atoms with Crippen molar-refractivity contribution in [3.8, 4) is 0 Å². The molecule has 0 fully saturated rings. The van der Waals surface area contributed by atoms with Gasteiger partial charge in [-0.3, -0.25) is 4.57 Å². The van der Waals surface area contributed by atoms with E-state index in [1.54, 1.807) is 6.20 Å². The van der Waals surface area contributed by atoms with Gasteiger partial charge in [0.05, 0.1) is 0 Å². The van der Waals surface area contributed by atoms with Crippen LogP contribution in [0.15, 0.2) is 18.3 Å². The molecule has 2 aromatic rings. The minimum atomic E-state index is 0.557. The van der Waals surface area contributed by atoms with Crippen LogP contribution in [0.4, 0.5) is 5.95 Å². The largest absolute Gasteiger partial charge is 0.369 e. The first-order valence-corrected chi connectivity index (χ1v) is 5.66. The molecule has 0 aliphatic carbocycles. The summed E-state index contributed by atoms with van der Waals surface area (Å²) in [5.41, 5.74) is 7.67. The van der Waals surface area contributed by atoms with Crippen molar-refractivity contribution in [3.05, 3.63) is 18.3 Å². The smallest absolute Gasteiger partial charge is 0.202 e. The maximum atomic E-state index is 5.91. The van der Waals surface area contributed by atoms with Crippen LogP contribution in [0.3, 0.4) is 0 Å². The molecule has 0 saturated heterocycles. The summed E-state index contributed by atoms with van der Waals surface area (Å²) in [7, 11) is 0. The zero-order valence-electron chi connectivity index (χ0n) is 10.0. The number of aromatic nitrogens is 3. The average molecular weight is 218 g/mol. The predicted octanol–water partition coefficient (Wildman–Crippen LogP) is 2.31. The lowest BCUT2D eigenvalue weighted by Gasteiger charge is -2.16. The van der Waals surface area contributed by atoms with Gasteiger partial charge in [0, 0.05) is 12.7 Å². The standard InChI is InChI=1S/C12H18N4/c1-8(2)9(3)7-16-11-10(15-12(16)13)5-4-6-14-11/h4-6,8-9H,7H2,1-3H3,(H2,13,15). The first-order chi connectivity index (χ1) is 7.59. The number of hydrogen-bond donors (Lipinski definition) is 1. The topological polar surface area (TPSA) is 56.7 Å². The fourth-order valence-electron chi connectivity index (χ4n) is 1.65. The molecule has 2 aromatic heterocycles. The van der Waals surface area contributed by atoms with Gasteiger partial charge in [0.15, 0.2) is 5.65 Å². The van der Waals surface area contributed by atoms with Crippen molar-refractivity contribution in [1.82, 2.24) is 14.5 Å². The third kappa shape index (κ3) is 1.87. The van der Waals surface area contributed by atoms with Crippen LogP contribution in [0.25, 0.3) is 11.2 Å². The Hall–Kier alpha value is -1.58. The zero-order chi connectivity index (χ0) is 11.7. The monoisotopic (exact) mass is 218 g/mol. The zero-order valence-corrected chi connectivity index (χ0v) is 10.0. The molecule has 4 nitrogen and oxygen atoms in total. The van der Waals surface area contributed by atoms with Gasteiger partial charge < -0.3 is 5.73 Å². The fraction of sp³-hybridized carbons (Fsp3) is 0.500. The number of rotatable bonds is 3. The first-order valence-electron chi connectivity index (χ1n) is 5.66. The van der Waals surface area contributed by atoms with Crippen LogP contribution in [0.5, 0.6) is 0 Å². The average Bonchev–Trinajstić information content (AvgIpc) is 2.55. The quantitative estimate of drug-likeness (QED) is 0.860. The Morgan fingerprint density at radius 3 is 2.81 bits per heavy atom. The molecule has 2 heterocycles. The summed E-state index contributed by atoms with van der Waals surface area (Å²) in [6, 6.07) is 3.82. The third-order valence-corrected chi connectivity index (χ3v) is 3.14. The summed E-state index contributed by atoms with van der Waals surface area (Å²) in [6.07, 6.45) is 1.78. The Kier molecular flexibility index (Phi) is 2.81. The number of anilines is 1. The predicted molar refractivity (Wildman–Crippen MR) is 65.9 cm³/mol. The van der Waals surface area contributed by atoms with Crippen LogP contribution in [-0.2, 0) is 6.54 Å². The van der Waals surface area contributed by atoms with Crippen LogP contribution in [0.1, 0.15) is 20.8 Å². The van der Waals surface area contributed by atoms with Crippen LogP contribution in [0.2, 0.25) is 0 Å². The number of nitrogens with zero attached hydrogens (tertiary/aromatic N) is 3. The SMILES string of the molecule is CC(C)C(C)Cn1c(N)nc2cccnc21. The number of fused-ring (bicyclic) bond motifs is 1. The second kappa shape index (κ2) is 4.12. The molecule has 0 aliphatic heterocycles. The molecular formula is C12H18N4. The summed E-state index contributed by atoms with van der Waals surface area (Å²) in [5.74, 6) is 1.74. The van der Waals surface area contributed by atoms with Crippen molar-refractivity contribution in [2.45, 2.75) is 27.3 Å². The van der Waals surface area contributed by atoms with E-state index in [0.717, 1.165) is 17.7 Å². The van der Waals surface area contributed by atoms with Gasteiger partial charge in [-0.1, -0.05) is 20.8 Å². The van der Waals surface area contributed by atoms with E-state index in [4.69, 9.17) is 5.73 Å². The van der Waals surface area contributed by atoms with E-state index < -0.39 is 0 Å². The Morgan fingerprint density at radius 1 is 1.38 bits per heavy atom. The third-order valence-electron chi connectivity index (χ3n) is 3.14. The maximum Gasteiger partial charge on any atom is 0.202 e. The van der Waals surface area contributed by atoms with E-state index in [1.165, 1.54) is 0 Å². The molecule has 0 saturated carbocycles. The second-order valence-electron chi connectivity index (χ2n) is 4.65. The minimum Gasteiger partial charge on any atom is -0.369 e. The highest BCUT2D eigenvalue weighted by molar-refractivity contribution is 5.73. The van der Waals surface area contributed by atoms with Gasteiger partial charge in [0.1, 0.15) is 5.52 Å². The highest BCUT2D eigenvalue weighted by Crippen LogP contribution is 2.19. The van der Waals surface area contributed by atoms with Gasteiger partial charge in [-0.05, 0) is 24.0 Å². The molecular weight excluding hydrogens is 200 g/mol. The van der Waals surface area contributed by atoms with Crippen LogP contribution >= 0.6 is 0 Å². The summed E-state index contributed by atoms with van der Waals surface area (Å²) in [6.45, 7) is 7.52. The number of pyridine rings is 1. The van der Waals surface area contributed by atoms with Crippen molar-refractivity contribution >= 4 is 17.1 Å². The van der Waals surface area contributed by atoms with E-state index >= 15 is 0 Å². The lowest BCUT2D eigenvalue weighted by molar-refractivity contribution is 0.370. The van der Waals surface area contributed by atoms with E-state index in [9.17, 15) is 0 Å². The maximum absolute atomic E-state index is 5.91. The molecule has 0 aliphatic rings. The van der Waals surface area contributed by atoms with E-state index in [0.29, 0.717) is 17.8 Å². The Morgan fingerprint density at radius 2 is 2.12 bits per heavy atom. The summed E-state index contributed by atoms with van der Waals surface area (Å²) < 4.78 is 2.00. The minimum absolute atomic E-state index is 0.557. The van der Waals surface area contributed by atoms with E-state index in [-0.39, 0.29) is 0 Å². The Labute approximate surface area is 95.5 Å². The molecule has 0 radical (unpaired) electrons. The first kappa shape index (κ1) is 10.9. The lowest BCUT2D eigenvalue weighted by atomic mass is 9.98. The van der Waals surface area contributed by atoms with E-state index in [1.807, 2.05) is 16.7 Å². The normalized spacial score (nSPS) is 13.5. The van der Waals surface area contributed by atoms with Gasteiger partial charge in [-0.15, -0.1) is 0 Å². The second-order valence-corrected chi connectivity index (χ2v) is 4.65. The van der Waals surface area contributed by atoms with Crippen molar-refractivity contribution in [3.63, 3.8) is 0 Å². The number of imidazole rings is 1. The molecule has 0 bridgehead atoms. The molecule has 2 rings (SSSR count). The number of hydrogen-bond acceptors (Lipinski definition) is 3. The summed E-state index contributed by atoms with van der Waals surface area (Å²) in [4.78, 5) is 8.64. The van der Waals surface area contributed by atoms with Gasteiger partial charge >= 0.3 is 0 Å². The number of nitrogens with two attached hydrogens (primary N) is 1. The fourth-order valence-corrected chi connectivity index (χ4v) is 1.65. The van der Waals surface area contributed by atoms with Gasteiger partial charge in [0.2, 0.25) is 5.95 Å². The van der Waals surface area contributed by atoms with Crippen LogP contribution in [-0.4, -0.2) is 14.5 Å². The summed E-state index contributed by atoms with van der Waals surface area (Å²) >= 11 is 0. The number of nitrogen functional groups attached to an aromatic ring is 1. The van der Waals surface area contributed by atoms with Crippen LogP contribution < -0.4 is 5.73 Å². The molecule has 0 aromatic carbocycles. The molecule has 0 amide bonds. The van der Waals surface area contributed by atoms with Crippen molar-refractivity contribution in [2.75, 3.05) is 5.73 Å². The molecule has 1 unspecified atom stereocenters. The molecule has 16 heavy (non-hydrogen) atoms. The molecule has 1 atom stereocenters. The van der Waals surface area contributed by atoms with Crippen molar-refractivity contribution in [2.24, 2.45) is 11.8 Å². The molecule has 0 spiro atoms. The van der Waals surface area contributed by atoms with Crippen LogP contribution in [0, 0.1) is 11.8 Å². The van der Waals surface area contributed by atoms with Gasteiger partial charge in [-0.2, -0.15) is 0 Å². The van der Waals surface area contributed by atoms with E-state index in [2.05, 4.69) is 30.7 Å². The lowest BCUT2D eigenvalue weighted by Crippen LogP contribution is -2.15. The highest BCUT2D eigenvalue weighted by Gasteiger charge is 2.13. The van der Waals surface area contributed by atoms with Gasteiger partial charge in [0.25, 0.3) is 0 Å². The molecule has 2 N–H and O–H groups in total. The molecule has 86 valence electrons. The van der Waals surface area contributed by atoms with Gasteiger partial charge in [-0.25, -0.2) is 9.97 Å². The summed E-state index contributed by atoms with van der Waals surface area (Å²) in [5, 5.41) is 0. The Bertz CT molecular complexity index is 487. The van der Waals surface area contributed by atoms with Crippen molar-refractivity contribution in [1.29, 1.82) is 0 Å². The van der Waals surface area contributed by atoms with Crippen molar-refractivity contribution < 1.29 is 0 Å². The highest BCUT2D eigenvalue weighted by atomic mass is 15.2. The Balaban J connectivity index is 2.40.